The Morgan fingerprint density at radius 1 is 0.972 bits per heavy atom. The van der Waals surface area contributed by atoms with Gasteiger partial charge < -0.3 is 19.7 Å². The number of hydrogen-bond acceptors (Lipinski definition) is 4. The third kappa shape index (κ3) is 3.94. The van der Waals surface area contributed by atoms with Crippen molar-refractivity contribution in [2.45, 2.75) is 95.0 Å². The van der Waals surface area contributed by atoms with E-state index in [9.17, 15) is 9.59 Å². The summed E-state index contributed by atoms with van der Waals surface area (Å²) in [4.78, 5) is 27.0. The molecule has 1 spiro atoms. The Hall–Kier alpha value is -2.41. The van der Waals surface area contributed by atoms with E-state index in [-0.39, 0.29) is 24.0 Å². The van der Waals surface area contributed by atoms with E-state index >= 15 is 0 Å². The van der Waals surface area contributed by atoms with Crippen molar-refractivity contribution in [3.63, 3.8) is 0 Å². The van der Waals surface area contributed by atoms with Crippen molar-refractivity contribution in [2.24, 2.45) is 11.8 Å². The number of nitrogens with one attached hydrogen (secondary N) is 1. The van der Waals surface area contributed by atoms with E-state index in [4.69, 9.17) is 9.47 Å². The van der Waals surface area contributed by atoms with Crippen LogP contribution in [0.5, 0.6) is 5.75 Å². The second kappa shape index (κ2) is 8.86. The maximum atomic E-state index is 13.2. The number of fused-ring (bicyclic) bond motifs is 1. The Balaban J connectivity index is 1.05. The zero-order chi connectivity index (χ0) is 24.3. The Labute approximate surface area is 213 Å². The van der Waals surface area contributed by atoms with E-state index in [2.05, 4.69) is 16.0 Å². The number of hydrogen-bond donors (Lipinski definition) is 1. The van der Waals surface area contributed by atoms with Gasteiger partial charge in [0.2, 0.25) is 5.91 Å². The normalized spacial score (nSPS) is 34.4. The number of rotatable bonds is 4. The summed E-state index contributed by atoms with van der Waals surface area (Å²) in [6.07, 6.45) is 13.0. The summed E-state index contributed by atoms with van der Waals surface area (Å²) < 4.78 is 14.9. The molecule has 2 unspecified atom stereocenters. The lowest BCUT2D eigenvalue weighted by molar-refractivity contribution is -0.612. The van der Waals surface area contributed by atoms with Crippen molar-refractivity contribution in [2.75, 3.05) is 19.7 Å². The number of carbonyl (C=O) groups excluding carboxylic acids is 2. The highest BCUT2D eigenvalue weighted by atomic mass is 16.6. The molecular weight excluding hydrogens is 454 g/mol. The highest BCUT2D eigenvalue weighted by molar-refractivity contribution is 5.99. The van der Waals surface area contributed by atoms with Crippen LogP contribution in [-0.4, -0.2) is 64.6 Å². The van der Waals surface area contributed by atoms with Gasteiger partial charge in [0.1, 0.15) is 5.75 Å². The van der Waals surface area contributed by atoms with Crippen molar-refractivity contribution < 1.29 is 23.6 Å². The molecule has 7 rings (SSSR count). The van der Waals surface area contributed by atoms with Crippen LogP contribution in [0.15, 0.2) is 18.2 Å². The standard InChI is InChI=1S/C29H37N3O4/c33-27-13-12-26(29(30-27)18-35-29)32-17-20-14-22(10-11-23(20)28(32)34)36-25-9-5-4-8-24(25)31-15-21(16-31)19-6-2-1-3-7-19/h10-11,14,19,21,25-26H,1-9,12-13,15-18H2/p+1/t21?,25-,26?,29?/m0/s1. The van der Waals surface area contributed by atoms with E-state index in [1.807, 2.05) is 17.0 Å². The number of epoxide rings is 1. The average Bonchev–Trinajstić information content (AvgIpc) is 3.54. The molecule has 7 nitrogen and oxygen atoms in total. The maximum absolute atomic E-state index is 13.2. The van der Waals surface area contributed by atoms with Crippen LogP contribution in [0.25, 0.3) is 0 Å². The molecule has 0 radical (unpaired) electrons. The van der Waals surface area contributed by atoms with E-state index < -0.39 is 5.72 Å². The van der Waals surface area contributed by atoms with Gasteiger partial charge in [0, 0.05) is 24.9 Å². The van der Waals surface area contributed by atoms with Crippen molar-refractivity contribution >= 4 is 17.5 Å². The topological polar surface area (TPSA) is 74.2 Å². The fraction of sp³-hybridized carbons (Fsp3) is 0.690. The first kappa shape index (κ1) is 22.8. The molecular formula is C29H38N3O4+. The second-order valence-corrected chi connectivity index (χ2v) is 11.9. The van der Waals surface area contributed by atoms with Crippen LogP contribution < -0.4 is 10.1 Å². The number of ether oxygens (including phenoxy) is 2. The zero-order valence-corrected chi connectivity index (χ0v) is 21.2. The molecule has 4 heterocycles. The van der Waals surface area contributed by atoms with Crippen molar-refractivity contribution in [3.05, 3.63) is 29.3 Å². The molecule has 7 heteroatoms. The minimum Gasteiger partial charge on any atom is -0.480 e. The molecule has 1 aromatic rings. The molecule has 5 fully saturated rings. The first-order chi connectivity index (χ1) is 17.6. The highest BCUT2D eigenvalue weighted by Crippen LogP contribution is 2.41. The van der Waals surface area contributed by atoms with Crippen LogP contribution in [0.1, 0.15) is 86.6 Å². The van der Waals surface area contributed by atoms with Crippen LogP contribution in [-0.2, 0) is 16.1 Å². The number of benzene rings is 1. The minimum atomic E-state index is -0.676. The van der Waals surface area contributed by atoms with Crippen LogP contribution >= 0.6 is 0 Å². The molecule has 1 N–H and O–H groups in total. The average molecular weight is 493 g/mol. The molecule has 2 aliphatic carbocycles. The maximum Gasteiger partial charge on any atom is 0.254 e. The quantitative estimate of drug-likeness (QED) is 0.515. The Morgan fingerprint density at radius 2 is 1.78 bits per heavy atom. The lowest BCUT2D eigenvalue weighted by atomic mass is 9.76. The molecule has 1 aromatic carbocycles. The predicted molar refractivity (Wildman–Crippen MR) is 134 cm³/mol. The molecule has 2 amide bonds. The summed E-state index contributed by atoms with van der Waals surface area (Å²) in [6.45, 7) is 3.47. The molecule has 4 aliphatic heterocycles. The number of nitrogens with zero attached hydrogens (tertiary/aromatic N) is 2. The van der Waals surface area contributed by atoms with Gasteiger partial charge in [0.15, 0.2) is 30.6 Å². The van der Waals surface area contributed by atoms with Gasteiger partial charge in [-0.2, -0.15) is 0 Å². The molecule has 192 valence electrons. The first-order valence-electron chi connectivity index (χ1n) is 14.3. The largest absolute Gasteiger partial charge is 0.480 e. The zero-order valence-electron chi connectivity index (χ0n) is 21.2. The molecule has 3 saturated heterocycles. The number of amides is 2. The third-order valence-corrected chi connectivity index (χ3v) is 9.71. The van der Waals surface area contributed by atoms with E-state index in [1.54, 1.807) is 0 Å². The highest BCUT2D eigenvalue weighted by Gasteiger charge is 2.58. The summed E-state index contributed by atoms with van der Waals surface area (Å²) in [5, 5.41) is 2.97. The van der Waals surface area contributed by atoms with Crippen molar-refractivity contribution in [3.8, 4) is 5.75 Å². The van der Waals surface area contributed by atoms with Gasteiger partial charge in [-0.25, -0.2) is 4.58 Å². The smallest absolute Gasteiger partial charge is 0.254 e. The molecule has 2 saturated carbocycles. The summed E-state index contributed by atoms with van der Waals surface area (Å²) in [5.74, 6) is 2.72. The SMILES string of the molecule is O=C1CCC(N2Cc3cc(O[C@H]4CCCCC4=[N+]4CC(C5CCCCC5)C4)ccc3C2=O)C2(CO2)N1. The van der Waals surface area contributed by atoms with Gasteiger partial charge in [0.25, 0.3) is 5.91 Å². The monoisotopic (exact) mass is 492 g/mol. The minimum absolute atomic E-state index is 0.00963. The Kier molecular flexibility index (Phi) is 5.60. The van der Waals surface area contributed by atoms with Gasteiger partial charge in [-0.05, 0) is 68.2 Å². The van der Waals surface area contributed by atoms with E-state index in [0.717, 1.165) is 41.6 Å². The van der Waals surface area contributed by atoms with Gasteiger partial charge in [-0.15, -0.1) is 0 Å². The van der Waals surface area contributed by atoms with Crippen molar-refractivity contribution in [1.29, 1.82) is 0 Å². The first-order valence-corrected chi connectivity index (χ1v) is 14.3. The van der Waals surface area contributed by atoms with Crippen LogP contribution in [0.3, 0.4) is 0 Å². The fourth-order valence-corrected chi connectivity index (χ4v) is 7.54. The molecule has 0 aromatic heterocycles. The van der Waals surface area contributed by atoms with Crippen LogP contribution in [0.4, 0.5) is 0 Å². The lowest BCUT2D eigenvalue weighted by Crippen LogP contribution is -2.58. The molecule has 0 bridgehead atoms. The summed E-state index contributed by atoms with van der Waals surface area (Å²) in [6, 6.07) is 5.86. The van der Waals surface area contributed by atoms with Gasteiger partial charge in [0.05, 0.1) is 18.6 Å². The van der Waals surface area contributed by atoms with Crippen molar-refractivity contribution in [1.82, 2.24) is 10.2 Å². The third-order valence-electron chi connectivity index (χ3n) is 9.71. The summed E-state index contributed by atoms with van der Waals surface area (Å²) >= 11 is 0. The van der Waals surface area contributed by atoms with Gasteiger partial charge >= 0.3 is 0 Å². The van der Waals surface area contributed by atoms with E-state index in [0.29, 0.717) is 26.0 Å². The molecule has 6 aliphatic rings. The van der Waals surface area contributed by atoms with Crippen LogP contribution in [0, 0.1) is 11.8 Å². The predicted octanol–water partition coefficient (Wildman–Crippen LogP) is 3.63. The molecule has 36 heavy (non-hydrogen) atoms. The fourth-order valence-electron chi connectivity index (χ4n) is 7.54. The Morgan fingerprint density at radius 3 is 2.58 bits per heavy atom. The second-order valence-electron chi connectivity index (χ2n) is 11.9. The lowest BCUT2D eigenvalue weighted by Gasteiger charge is -2.36. The van der Waals surface area contributed by atoms with E-state index in [1.165, 1.54) is 63.7 Å². The number of piperidine rings is 1. The van der Waals surface area contributed by atoms with Gasteiger partial charge in [-0.1, -0.05) is 19.3 Å². The van der Waals surface area contributed by atoms with Crippen LogP contribution in [0.2, 0.25) is 0 Å². The summed E-state index contributed by atoms with van der Waals surface area (Å²) in [5.41, 5.74) is 2.59. The Bertz CT molecular complexity index is 1100. The molecule has 3 atom stereocenters. The summed E-state index contributed by atoms with van der Waals surface area (Å²) in [7, 11) is 0. The van der Waals surface area contributed by atoms with Gasteiger partial charge in [-0.3, -0.25) is 9.59 Å². The number of carbonyl (C=O) groups is 2.